The summed E-state index contributed by atoms with van der Waals surface area (Å²) >= 11 is 12.7. The van der Waals surface area contributed by atoms with Gasteiger partial charge in [0.05, 0.1) is 35.2 Å². The second-order valence-corrected chi connectivity index (χ2v) is 12.1. The van der Waals surface area contributed by atoms with Crippen molar-refractivity contribution in [2.45, 2.75) is 37.1 Å². The van der Waals surface area contributed by atoms with Gasteiger partial charge in [-0.15, -0.1) is 0 Å². The van der Waals surface area contributed by atoms with Gasteiger partial charge >= 0.3 is 0 Å². The fourth-order valence-electron chi connectivity index (χ4n) is 6.79. The first-order valence-electron chi connectivity index (χ1n) is 14.2. The van der Waals surface area contributed by atoms with Crippen molar-refractivity contribution in [3.63, 3.8) is 0 Å². The Morgan fingerprint density at radius 1 is 0.952 bits per heavy atom. The molecule has 2 N–H and O–H groups in total. The van der Waals surface area contributed by atoms with E-state index in [0.29, 0.717) is 59.7 Å². The lowest BCUT2D eigenvalue weighted by molar-refractivity contribution is -0.126. The van der Waals surface area contributed by atoms with E-state index in [1.54, 1.807) is 38.5 Å². The molecule has 7 nitrogen and oxygen atoms in total. The normalized spacial score (nSPS) is 23.4. The molecule has 3 aromatic rings. The van der Waals surface area contributed by atoms with Gasteiger partial charge in [-0.1, -0.05) is 59.6 Å². The van der Waals surface area contributed by atoms with E-state index in [2.05, 4.69) is 11.8 Å². The molecule has 5 rings (SSSR count). The van der Waals surface area contributed by atoms with Gasteiger partial charge in [0.15, 0.2) is 0 Å². The van der Waals surface area contributed by atoms with Crippen LogP contribution < -0.4 is 15.2 Å². The average Bonchev–Trinajstić information content (AvgIpc) is 3.52. The molecular weight excluding hydrogens is 573 g/mol. The van der Waals surface area contributed by atoms with Gasteiger partial charge in [0, 0.05) is 37.7 Å². The average molecular weight is 611 g/mol. The Morgan fingerprint density at radius 2 is 1.71 bits per heavy atom. The van der Waals surface area contributed by atoms with Crippen molar-refractivity contribution in [2.75, 3.05) is 40.4 Å². The molecule has 4 unspecified atom stereocenters. The van der Waals surface area contributed by atoms with Crippen molar-refractivity contribution in [1.29, 1.82) is 0 Å². The summed E-state index contributed by atoms with van der Waals surface area (Å²) in [5.74, 6) is 0.786. The highest BCUT2D eigenvalue weighted by Crippen LogP contribution is 2.47. The minimum Gasteiger partial charge on any atom is -0.497 e. The minimum absolute atomic E-state index is 0.0478. The van der Waals surface area contributed by atoms with Gasteiger partial charge < -0.3 is 20.1 Å². The van der Waals surface area contributed by atoms with Gasteiger partial charge in [-0.3, -0.25) is 14.5 Å². The zero-order valence-corrected chi connectivity index (χ0v) is 25.7. The zero-order chi connectivity index (χ0) is 30.0. The molecule has 2 aliphatic rings. The first kappa shape index (κ1) is 30.2. The number of amides is 2. The molecule has 2 saturated heterocycles. The molecule has 2 fully saturated rings. The van der Waals surface area contributed by atoms with E-state index < -0.39 is 5.41 Å². The van der Waals surface area contributed by atoms with E-state index in [0.717, 1.165) is 17.5 Å². The lowest BCUT2D eigenvalue weighted by Gasteiger charge is -2.49. The molecule has 222 valence electrons. The quantitative estimate of drug-likeness (QED) is 0.350. The Balaban J connectivity index is 1.39. The molecule has 0 aliphatic carbocycles. The summed E-state index contributed by atoms with van der Waals surface area (Å²) in [5, 5.41) is 0.916. The third-order valence-electron chi connectivity index (χ3n) is 9.29. The van der Waals surface area contributed by atoms with Crippen molar-refractivity contribution in [3.8, 4) is 11.5 Å². The highest BCUT2D eigenvalue weighted by atomic mass is 35.5. The monoisotopic (exact) mass is 609 g/mol. The summed E-state index contributed by atoms with van der Waals surface area (Å²) < 4.78 is 10.8. The molecular formula is C33H37Cl2N3O4. The Bertz CT molecular complexity index is 1450. The van der Waals surface area contributed by atoms with Gasteiger partial charge in [0.2, 0.25) is 5.91 Å². The standard InChI is InChI=1S/C33H37Cl2N3O4/c1-21(23-13-15-38(19-23)31(39)26-11-10-25(41-2)18-30(26)42-3)37-16-14-33(32(36)40,24-7-5-4-6-8-24)27(20-37)22-9-12-28(34)29(35)17-22/h4-12,17-18,21,23,27H,13-16,19-20H2,1-3H3,(H2,36,40). The Hall–Kier alpha value is -3.26. The number of primary amides is 1. The number of halogens is 2. The van der Waals surface area contributed by atoms with Crippen LogP contribution in [0.25, 0.3) is 0 Å². The fourth-order valence-corrected chi connectivity index (χ4v) is 7.10. The van der Waals surface area contributed by atoms with Crippen LogP contribution in [0.2, 0.25) is 10.0 Å². The van der Waals surface area contributed by atoms with Crippen molar-refractivity contribution in [2.24, 2.45) is 11.7 Å². The van der Waals surface area contributed by atoms with Crippen molar-refractivity contribution < 1.29 is 19.1 Å². The number of carbonyl (C=O) groups excluding carboxylic acids is 2. The van der Waals surface area contributed by atoms with E-state index in [9.17, 15) is 9.59 Å². The number of ether oxygens (including phenoxy) is 2. The number of rotatable bonds is 8. The van der Waals surface area contributed by atoms with Gasteiger partial charge in [0.1, 0.15) is 11.5 Å². The number of likely N-dealkylation sites (tertiary alicyclic amines) is 2. The molecule has 0 radical (unpaired) electrons. The maximum atomic E-state index is 13.5. The first-order chi connectivity index (χ1) is 20.2. The number of hydrogen-bond donors (Lipinski definition) is 1. The molecule has 0 spiro atoms. The van der Waals surface area contributed by atoms with Crippen LogP contribution in [-0.4, -0.2) is 68.1 Å². The molecule has 2 aliphatic heterocycles. The summed E-state index contributed by atoms with van der Waals surface area (Å²) in [5.41, 5.74) is 7.72. The number of piperidine rings is 1. The summed E-state index contributed by atoms with van der Waals surface area (Å²) in [4.78, 5) is 31.2. The van der Waals surface area contributed by atoms with Crippen LogP contribution in [0, 0.1) is 5.92 Å². The van der Waals surface area contributed by atoms with Crippen LogP contribution in [0.1, 0.15) is 47.2 Å². The molecule has 0 saturated carbocycles. The number of methoxy groups -OCH3 is 2. The summed E-state index contributed by atoms with van der Waals surface area (Å²) in [6.45, 7) is 4.85. The van der Waals surface area contributed by atoms with Crippen LogP contribution >= 0.6 is 23.2 Å². The molecule has 2 heterocycles. The zero-order valence-electron chi connectivity index (χ0n) is 24.2. The Kier molecular flexibility index (Phi) is 9.02. The molecule has 2 amide bonds. The largest absolute Gasteiger partial charge is 0.497 e. The lowest BCUT2D eigenvalue weighted by Crippen LogP contribution is -2.57. The molecule has 9 heteroatoms. The van der Waals surface area contributed by atoms with Crippen LogP contribution in [0.15, 0.2) is 66.7 Å². The van der Waals surface area contributed by atoms with E-state index >= 15 is 0 Å². The fraction of sp³-hybridized carbons (Fsp3) is 0.394. The summed E-state index contributed by atoms with van der Waals surface area (Å²) in [6.07, 6.45) is 1.46. The topological polar surface area (TPSA) is 85.1 Å². The Labute approximate surface area is 257 Å². The number of nitrogens with two attached hydrogens (primary N) is 1. The van der Waals surface area contributed by atoms with Crippen LogP contribution in [0.5, 0.6) is 11.5 Å². The maximum absolute atomic E-state index is 13.5. The molecule has 0 bridgehead atoms. The van der Waals surface area contributed by atoms with Gasteiger partial charge in [-0.05, 0) is 67.6 Å². The molecule has 42 heavy (non-hydrogen) atoms. The summed E-state index contributed by atoms with van der Waals surface area (Å²) in [6, 6.07) is 20.9. The van der Waals surface area contributed by atoms with Crippen LogP contribution in [0.3, 0.4) is 0 Å². The lowest BCUT2D eigenvalue weighted by atomic mass is 9.62. The number of hydrogen-bond acceptors (Lipinski definition) is 5. The van der Waals surface area contributed by atoms with Gasteiger partial charge in [-0.2, -0.15) is 0 Å². The minimum atomic E-state index is -0.892. The van der Waals surface area contributed by atoms with Crippen LogP contribution in [0.4, 0.5) is 0 Å². The highest BCUT2D eigenvalue weighted by molar-refractivity contribution is 6.42. The smallest absolute Gasteiger partial charge is 0.257 e. The number of nitrogens with zero attached hydrogens (tertiary/aromatic N) is 2. The maximum Gasteiger partial charge on any atom is 0.257 e. The third-order valence-corrected chi connectivity index (χ3v) is 10.0. The number of benzene rings is 3. The Morgan fingerprint density at radius 3 is 2.38 bits per heavy atom. The van der Waals surface area contributed by atoms with Gasteiger partial charge in [0.25, 0.3) is 5.91 Å². The second-order valence-electron chi connectivity index (χ2n) is 11.3. The first-order valence-corrected chi connectivity index (χ1v) is 15.0. The predicted molar refractivity (Wildman–Crippen MR) is 166 cm³/mol. The van der Waals surface area contributed by atoms with Crippen molar-refractivity contribution in [1.82, 2.24) is 9.80 Å². The van der Waals surface area contributed by atoms with E-state index in [1.807, 2.05) is 47.4 Å². The van der Waals surface area contributed by atoms with Crippen LogP contribution in [-0.2, 0) is 10.2 Å². The second kappa shape index (κ2) is 12.5. The van der Waals surface area contributed by atoms with Gasteiger partial charge in [-0.25, -0.2) is 0 Å². The predicted octanol–water partition coefficient (Wildman–Crippen LogP) is 5.77. The third kappa shape index (κ3) is 5.58. The van der Waals surface area contributed by atoms with E-state index in [-0.39, 0.29) is 29.7 Å². The number of carbonyl (C=O) groups is 2. The van der Waals surface area contributed by atoms with Crippen molar-refractivity contribution >= 4 is 35.0 Å². The molecule has 0 aromatic heterocycles. The van der Waals surface area contributed by atoms with E-state index in [4.69, 9.17) is 38.4 Å². The molecule has 3 aromatic carbocycles. The highest BCUT2D eigenvalue weighted by Gasteiger charge is 2.51. The SMILES string of the molecule is COc1ccc(C(=O)N2CCC(C(C)N3CCC(C(N)=O)(c4ccccc4)C(c4ccc(Cl)c(Cl)c4)C3)C2)c(OC)c1. The van der Waals surface area contributed by atoms with E-state index in [1.165, 1.54) is 0 Å². The molecule has 4 atom stereocenters. The van der Waals surface area contributed by atoms with Crippen molar-refractivity contribution in [3.05, 3.63) is 93.5 Å². The summed E-state index contributed by atoms with van der Waals surface area (Å²) in [7, 11) is 3.14.